The topological polar surface area (TPSA) is 0 Å². The van der Waals surface area contributed by atoms with E-state index in [-0.39, 0.29) is 0 Å². The van der Waals surface area contributed by atoms with Gasteiger partial charge in [0, 0.05) is 5.33 Å². The Morgan fingerprint density at radius 2 is 1.78 bits per heavy atom. The normalized spacial score (nSPS) is 12.0. The number of hydrogen-bond acceptors (Lipinski definition) is 0. The molecule has 0 aromatic heterocycles. The van der Waals surface area contributed by atoms with E-state index in [1.807, 2.05) is 0 Å². The summed E-state index contributed by atoms with van der Waals surface area (Å²) >= 11 is 3.46. The third-order valence-corrected chi connectivity index (χ3v) is 2.09. The van der Waals surface area contributed by atoms with E-state index in [1.54, 1.807) is 0 Å². The van der Waals surface area contributed by atoms with Gasteiger partial charge in [0.2, 0.25) is 0 Å². The van der Waals surface area contributed by atoms with Crippen LogP contribution in [0.4, 0.5) is 0 Å². The van der Waals surface area contributed by atoms with Crippen molar-refractivity contribution in [3.8, 4) is 0 Å². The number of halogens is 1. The minimum atomic E-state index is 0.554. The summed E-state index contributed by atoms with van der Waals surface area (Å²) in [6, 6.07) is 0. The van der Waals surface area contributed by atoms with Crippen molar-refractivity contribution < 1.29 is 0 Å². The lowest BCUT2D eigenvalue weighted by Gasteiger charge is -2.22. The van der Waals surface area contributed by atoms with Gasteiger partial charge in [0.25, 0.3) is 0 Å². The first-order valence-corrected chi connectivity index (χ1v) is 4.80. The lowest BCUT2D eigenvalue weighted by molar-refractivity contribution is 0.322. The molecule has 1 heteroatoms. The van der Waals surface area contributed by atoms with Crippen molar-refractivity contribution in [2.45, 2.75) is 40.0 Å². The van der Waals surface area contributed by atoms with Gasteiger partial charge in [-0.1, -0.05) is 43.1 Å². The molecule has 0 fully saturated rings. The summed E-state index contributed by atoms with van der Waals surface area (Å²) in [7, 11) is 0. The van der Waals surface area contributed by atoms with Gasteiger partial charge in [0.15, 0.2) is 0 Å². The van der Waals surface area contributed by atoms with Crippen LogP contribution in [-0.2, 0) is 0 Å². The Morgan fingerprint density at radius 1 is 1.22 bits per heavy atom. The highest BCUT2D eigenvalue weighted by molar-refractivity contribution is 9.09. The van der Waals surface area contributed by atoms with Crippen molar-refractivity contribution >= 4 is 15.9 Å². The minimum absolute atomic E-state index is 0.554. The lowest BCUT2D eigenvalue weighted by Crippen LogP contribution is -2.10. The largest absolute Gasteiger partial charge is 0.0928 e. The second kappa shape index (κ2) is 4.32. The maximum atomic E-state index is 3.46. The summed E-state index contributed by atoms with van der Waals surface area (Å²) in [5, 5.41) is 1.14. The van der Waals surface area contributed by atoms with E-state index >= 15 is 0 Å². The number of alkyl halides is 1. The Hall–Kier alpha value is 0.480. The monoisotopic (exact) mass is 192 g/mol. The van der Waals surface area contributed by atoms with Crippen LogP contribution in [0.5, 0.6) is 0 Å². The van der Waals surface area contributed by atoms with Gasteiger partial charge in [-0.25, -0.2) is 0 Å². The van der Waals surface area contributed by atoms with Gasteiger partial charge in [-0.15, -0.1) is 0 Å². The molecule has 0 unspecified atom stereocenters. The highest BCUT2D eigenvalue weighted by Crippen LogP contribution is 2.26. The molecule has 0 N–H and O–H groups in total. The van der Waals surface area contributed by atoms with Gasteiger partial charge >= 0.3 is 0 Å². The quantitative estimate of drug-likeness (QED) is 0.598. The van der Waals surface area contributed by atoms with Crippen LogP contribution < -0.4 is 0 Å². The van der Waals surface area contributed by atoms with E-state index in [4.69, 9.17) is 0 Å². The van der Waals surface area contributed by atoms with E-state index in [0.29, 0.717) is 5.41 Å². The molecule has 0 saturated carbocycles. The fourth-order valence-electron chi connectivity index (χ4n) is 1.06. The summed E-state index contributed by atoms with van der Waals surface area (Å²) in [5.41, 5.74) is 0.554. The fraction of sp³-hybridized carbons (Fsp3) is 1.00. The minimum Gasteiger partial charge on any atom is -0.0928 e. The van der Waals surface area contributed by atoms with Crippen molar-refractivity contribution in [3.05, 3.63) is 0 Å². The molecular formula is C8H17Br. The summed E-state index contributed by atoms with van der Waals surface area (Å²) in [6.45, 7) is 6.91. The van der Waals surface area contributed by atoms with E-state index in [9.17, 15) is 0 Å². The van der Waals surface area contributed by atoms with Crippen LogP contribution in [0, 0.1) is 5.41 Å². The Kier molecular flexibility index (Phi) is 4.55. The third-order valence-electron chi connectivity index (χ3n) is 1.70. The van der Waals surface area contributed by atoms with Crippen molar-refractivity contribution in [1.82, 2.24) is 0 Å². The van der Waals surface area contributed by atoms with Crippen LogP contribution in [0.15, 0.2) is 0 Å². The maximum Gasteiger partial charge on any atom is 0.00363 e. The molecule has 0 amide bonds. The lowest BCUT2D eigenvalue weighted by atomic mass is 9.86. The van der Waals surface area contributed by atoms with Gasteiger partial charge in [-0.3, -0.25) is 0 Å². The van der Waals surface area contributed by atoms with Crippen LogP contribution in [-0.4, -0.2) is 5.33 Å². The molecule has 0 bridgehead atoms. The smallest absolute Gasteiger partial charge is 0.00363 e. The zero-order valence-corrected chi connectivity index (χ0v) is 8.29. The molecule has 0 aromatic carbocycles. The van der Waals surface area contributed by atoms with E-state index in [0.717, 1.165) is 5.33 Å². The number of rotatable bonds is 4. The molecule has 56 valence electrons. The predicted molar refractivity (Wildman–Crippen MR) is 47.1 cm³/mol. The SMILES string of the molecule is CCCC(C)(C)CCBr. The Balaban J connectivity index is 3.43. The van der Waals surface area contributed by atoms with Gasteiger partial charge in [0.05, 0.1) is 0 Å². The van der Waals surface area contributed by atoms with E-state index in [1.165, 1.54) is 19.3 Å². The van der Waals surface area contributed by atoms with Gasteiger partial charge in [0.1, 0.15) is 0 Å². The van der Waals surface area contributed by atoms with Crippen molar-refractivity contribution in [2.75, 3.05) is 5.33 Å². The van der Waals surface area contributed by atoms with Crippen molar-refractivity contribution in [1.29, 1.82) is 0 Å². The average molecular weight is 193 g/mol. The van der Waals surface area contributed by atoms with Crippen molar-refractivity contribution in [2.24, 2.45) is 5.41 Å². The zero-order valence-electron chi connectivity index (χ0n) is 6.71. The summed E-state index contributed by atoms with van der Waals surface area (Å²) in [5.74, 6) is 0. The maximum absolute atomic E-state index is 3.46. The Labute approximate surface area is 67.2 Å². The van der Waals surface area contributed by atoms with Crippen molar-refractivity contribution in [3.63, 3.8) is 0 Å². The summed E-state index contributed by atoms with van der Waals surface area (Å²) < 4.78 is 0. The number of hydrogen-bond donors (Lipinski definition) is 0. The van der Waals surface area contributed by atoms with Crippen LogP contribution in [0.25, 0.3) is 0 Å². The van der Waals surface area contributed by atoms with E-state index in [2.05, 4.69) is 36.7 Å². The Bertz CT molecular complexity index is 59.0. The van der Waals surface area contributed by atoms with Gasteiger partial charge < -0.3 is 0 Å². The molecule has 0 aromatic rings. The molecule has 0 spiro atoms. The first-order valence-electron chi connectivity index (χ1n) is 3.68. The standard InChI is InChI=1S/C8H17Br/c1-4-5-8(2,3)6-7-9/h4-7H2,1-3H3. The third kappa shape index (κ3) is 4.95. The second-order valence-electron chi connectivity index (χ2n) is 3.35. The molecule has 0 aliphatic heterocycles. The summed E-state index contributed by atoms with van der Waals surface area (Å²) in [4.78, 5) is 0. The molecule has 0 atom stereocenters. The molecular weight excluding hydrogens is 176 g/mol. The average Bonchev–Trinajstić information content (AvgIpc) is 1.64. The van der Waals surface area contributed by atoms with Crippen LogP contribution in [0.1, 0.15) is 40.0 Å². The first kappa shape index (κ1) is 9.48. The Morgan fingerprint density at radius 3 is 2.11 bits per heavy atom. The second-order valence-corrected chi connectivity index (χ2v) is 4.15. The van der Waals surface area contributed by atoms with Crippen LogP contribution >= 0.6 is 15.9 Å². The molecule has 0 aliphatic rings. The van der Waals surface area contributed by atoms with Gasteiger partial charge in [-0.2, -0.15) is 0 Å². The van der Waals surface area contributed by atoms with Crippen LogP contribution in [0.2, 0.25) is 0 Å². The van der Waals surface area contributed by atoms with Crippen LogP contribution in [0.3, 0.4) is 0 Å². The van der Waals surface area contributed by atoms with E-state index < -0.39 is 0 Å². The summed E-state index contributed by atoms with van der Waals surface area (Å²) in [6.07, 6.45) is 3.94. The van der Waals surface area contributed by atoms with Gasteiger partial charge in [-0.05, 0) is 18.3 Å². The molecule has 0 saturated heterocycles. The molecule has 0 nitrogen and oxygen atoms in total. The zero-order chi connectivity index (χ0) is 7.33. The highest BCUT2D eigenvalue weighted by Gasteiger charge is 2.14. The predicted octanol–water partition coefficient (Wildman–Crippen LogP) is 3.60. The highest BCUT2D eigenvalue weighted by atomic mass is 79.9. The molecule has 0 heterocycles. The molecule has 0 rings (SSSR count). The fourth-order valence-corrected chi connectivity index (χ4v) is 2.13. The molecule has 0 radical (unpaired) electrons. The molecule has 9 heavy (non-hydrogen) atoms. The molecule has 0 aliphatic carbocycles. The first-order chi connectivity index (χ1) is 4.12.